The van der Waals surface area contributed by atoms with E-state index < -0.39 is 5.97 Å². The van der Waals surface area contributed by atoms with E-state index in [-0.39, 0.29) is 5.56 Å². The normalized spacial score (nSPS) is 11.2. The number of terminal acetylenes is 1. The third-order valence-electron chi connectivity index (χ3n) is 5.96. The van der Waals surface area contributed by atoms with E-state index in [0.29, 0.717) is 23.4 Å². The van der Waals surface area contributed by atoms with Crippen molar-refractivity contribution < 1.29 is 9.90 Å². The molecule has 0 saturated heterocycles. The fourth-order valence-electron chi connectivity index (χ4n) is 4.33. The molecule has 1 N–H and O–H groups in total. The van der Waals surface area contributed by atoms with Crippen LogP contribution in [0.25, 0.3) is 27.8 Å². The number of rotatable bonds is 6. The van der Waals surface area contributed by atoms with Crippen molar-refractivity contribution in [3.63, 3.8) is 0 Å². The van der Waals surface area contributed by atoms with Crippen LogP contribution < -0.4 is 0 Å². The van der Waals surface area contributed by atoms with E-state index in [0.717, 1.165) is 46.3 Å². The number of benzene rings is 2. The molecule has 5 rings (SSSR count). The number of fused-ring (bicyclic) bond motifs is 2. The van der Waals surface area contributed by atoms with Gasteiger partial charge >= 0.3 is 5.97 Å². The molecule has 0 bridgehead atoms. The van der Waals surface area contributed by atoms with Gasteiger partial charge < -0.3 is 9.67 Å². The third-order valence-corrected chi connectivity index (χ3v) is 5.96. The Kier molecular flexibility index (Phi) is 5.34. The number of carbonyl (C=O) groups is 1. The lowest BCUT2D eigenvalue weighted by Gasteiger charge is -2.09. The lowest BCUT2D eigenvalue weighted by atomic mass is 10.1. The molecule has 7 nitrogen and oxygen atoms in total. The molecule has 0 atom stereocenters. The van der Waals surface area contributed by atoms with Crippen molar-refractivity contribution >= 4 is 28.0 Å². The highest BCUT2D eigenvalue weighted by Gasteiger charge is 2.18. The van der Waals surface area contributed by atoms with Gasteiger partial charge in [0.1, 0.15) is 17.0 Å². The maximum atomic E-state index is 11.8. The zero-order chi connectivity index (χ0) is 23.8. The second-order valence-electron chi connectivity index (χ2n) is 8.24. The zero-order valence-electron chi connectivity index (χ0n) is 19.0. The predicted octanol–water partition coefficient (Wildman–Crippen LogP) is 4.76. The first kappa shape index (κ1) is 21.4. The first-order valence-corrected chi connectivity index (χ1v) is 11.1. The number of hydrogen-bond acceptors (Lipinski definition) is 4. The van der Waals surface area contributed by atoms with Gasteiger partial charge in [0.15, 0.2) is 5.65 Å². The van der Waals surface area contributed by atoms with Crippen molar-refractivity contribution in [3.05, 3.63) is 82.9 Å². The Morgan fingerprint density at radius 1 is 1.18 bits per heavy atom. The van der Waals surface area contributed by atoms with Crippen LogP contribution >= 0.6 is 0 Å². The molecular weight excluding hydrogens is 426 g/mol. The summed E-state index contributed by atoms with van der Waals surface area (Å²) >= 11 is 0. The molecule has 0 unspecified atom stereocenters. The summed E-state index contributed by atoms with van der Waals surface area (Å²) in [5.41, 5.74) is 5.73. The monoisotopic (exact) mass is 449 g/mol. The van der Waals surface area contributed by atoms with Crippen LogP contribution in [-0.4, -0.2) is 35.4 Å². The van der Waals surface area contributed by atoms with E-state index >= 15 is 0 Å². The highest BCUT2D eigenvalue weighted by molar-refractivity contribution is 5.93. The second kappa shape index (κ2) is 8.49. The van der Waals surface area contributed by atoms with Crippen LogP contribution in [0.4, 0.5) is 0 Å². The summed E-state index contributed by atoms with van der Waals surface area (Å²) in [7, 11) is 0. The number of carboxylic acids is 1. The molecule has 3 heterocycles. The molecule has 3 aromatic heterocycles. The van der Waals surface area contributed by atoms with E-state index in [9.17, 15) is 9.90 Å². The van der Waals surface area contributed by atoms with Gasteiger partial charge in [-0.2, -0.15) is 5.10 Å². The van der Waals surface area contributed by atoms with E-state index in [1.807, 2.05) is 37.4 Å². The van der Waals surface area contributed by atoms with Crippen LogP contribution in [-0.2, 0) is 13.0 Å². The van der Waals surface area contributed by atoms with Crippen molar-refractivity contribution in [2.45, 2.75) is 33.2 Å². The number of hydrogen-bond donors (Lipinski definition) is 1. The van der Waals surface area contributed by atoms with Gasteiger partial charge in [0.05, 0.1) is 23.3 Å². The number of imidazole rings is 1. The van der Waals surface area contributed by atoms with Gasteiger partial charge in [0.25, 0.3) is 0 Å². The Bertz CT molecular complexity index is 1600. The molecule has 2 aromatic carbocycles. The molecule has 0 radical (unpaired) electrons. The third kappa shape index (κ3) is 3.50. The largest absolute Gasteiger partial charge is 0.478 e. The molecule has 168 valence electrons. The first-order valence-electron chi connectivity index (χ1n) is 11.1. The Labute approximate surface area is 196 Å². The van der Waals surface area contributed by atoms with Crippen LogP contribution in [0.2, 0.25) is 0 Å². The zero-order valence-corrected chi connectivity index (χ0v) is 19.0. The van der Waals surface area contributed by atoms with Gasteiger partial charge in [-0.1, -0.05) is 25.1 Å². The summed E-state index contributed by atoms with van der Waals surface area (Å²) < 4.78 is 3.70. The topological polar surface area (TPSA) is 85.8 Å². The minimum absolute atomic E-state index is 0.141. The molecule has 0 saturated carbocycles. The van der Waals surface area contributed by atoms with E-state index in [1.165, 1.54) is 4.68 Å². The number of para-hydroxylation sites is 1. The molecule has 0 spiro atoms. The van der Waals surface area contributed by atoms with Gasteiger partial charge in [0, 0.05) is 18.0 Å². The van der Waals surface area contributed by atoms with E-state index in [1.54, 1.807) is 24.3 Å². The molecule has 0 fully saturated rings. The summed E-state index contributed by atoms with van der Waals surface area (Å²) in [4.78, 5) is 21.2. The van der Waals surface area contributed by atoms with Crippen molar-refractivity contribution in [2.24, 2.45) is 0 Å². The number of pyridine rings is 1. The van der Waals surface area contributed by atoms with Gasteiger partial charge in [-0.3, -0.25) is 0 Å². The van der Waals surface area contributed by atoms with Crippen molar-refractivity contribution in [1.82, 2.24) is 24.3 Å². The number of nitrogens with zero attached hydrogens (tertiary/aromatic N) is 5. The van der Waals surface area contributed by atoms with Crippen LogP contribution in [0.3, 0.4) is 0 Å². The predicted molar refractivity (Wildman–Crippen MR) is 131 cm³/mol. The number of carboxylic acid groups (broad SMARTS) is 1. The fourth-order valence-corrected chi connectivity index (χ4v) is 4.33. The minimum Gasteiger partial charge on any atom is -0.478 e. The van der Waals surface area contributed by atoms with Crippen molar-refractivity contribution in [2.75, 3.05) is 0 Å². The van der Waals surface area contributed by atoms with Crippen molar-refractivity contribution in [3.8, 4) is 18.0 Å². The molecule has 0 amide bonds. The number of aromatic carboxylic acids is 1. The maximum absolute atomic E-state index is 11.8. The Morgan fingerprint density at radius 3 is 2.76 bits per heavy atom. The van der Waals surface area contributed by atoms with Gasteiger partial charge in [0.2, 0.25) is 0 Å². The summed E-state index contributed by atoms with van der Waals surface area (Å²) in [5, 5.41) is 15.0. The molecule has 0 aliphatic heterocycles. The van der Waals surface area contributed by atoms with Gasteiger partial charge in [-0.05, 0) is 60.7 Å². The molecule has 7 heteroatoms. The van der Waals surface area contributed by atoms with Crippen LogP contribution in [0, 0.1) is 19.3 Å². The standard InChI is InChI=1S/C27H23N5O2/c1-4-8-24-29-25-17(3)13-14-28-26(25)31(24)16-18-11-12-21-20(15-18)22(5-2)32(30-21)23-10-7-6-9-19(23)27(33)34/h2,6-7,9-15H,4,8,16H2,1,3H3,(H,33,34). The SMILES string of the molecule is C#Cc1c2cc(Cn3c(CCC)nc4c(C)ccnc43)ccc2nn1-c1ccccc1C(=O)O. The first-order chi connectivity index (χ1) is 16.5. The Morgan fingerprint density at radius 2 is 2.00 bits per heavy atom. The van der Waals surface area contributed by atoms with Crippen LogP contribution in [0.5, 0.6) is 0 Å². The van der Waals surface area contributed by atoms with E-state index in [4.69, 9.17) is 11.4 Å². The molecule has 34 heavy (non-hydrogen) atoms. The van der Waals surface area contributed by atoms with Crippen LogP contribution in [0.15, 0.2) is 54.7 Å². The van der Waals surface area contributed by atoms with Gasteiger partial charge in [-0.15, -0.1) is 6.42 Å². The number of aromatic nitrogens is 5. The highest BCUT2D eigenvalue weighted by atomic mass is 16.4. The highest BCUT2D eigenvalue weighted by Crippen LogP contribution is 2.26. The number of aryl methyl sites for hydroxylation is 2. The molecule has 0 aliphatic rings. The maximum Gasteiger partial charge on any atom is 0.337 e. The smallest absolute Gasteiger partial charge is 0.337 e. The van der Waals surface area contributed by atoms with E-state index in [2.05, 4.69) is 27.5 Å². The molecule has 5 aromatic rings. The average molecular weight is 450 g/mol. The molecule has 0 aliphatic carbocycles. The van der Waals surface area contributed by atoms with Gasteiger partial charge in [-0.25, -0.2) is 19.4 Å². The Balaban J connectivity index is 1.63. The quantitative estimate of drug-likeness (QED) is 0.378. The van der Waals surface area contributed by atoms with Crippen molar-refractivity contribution in [1.29, 1.82) is 0 Å². The Hall–Kier alpha value is -4.44. The lowest BCUT2D eigenvalue weighted by Crippen LogP contribution is -2.07. The summed E-state index contributed by atoms with van der Waals surface area (Å²) in [6.45, 7) is 4.78. The van der Waals surface area contributed by atoms with Crippen LogP contribution in [0.1, 0.15) is 46.3 Å². The summed E-state index contributed by atoms with van der Waals surface area (Å²) in [6.07, 6.45) is 9.54. The fraction of sp³-hybridized carbons (Fsp3) is 0.185. The lowest BCUT2D eigenvalue weighted by molar-refractivity contribution is 0.0696. The summed E-state index contributed by atoms with van der Waals surface area (Å²) in [6, 6.07) is 14.6. The molecular formula is C27H23N5O2. The second-order valence-corrected chi connectivity index (χ2v) is 8.24. The summed E-state index contributed by atoms with van der Waals surface area (Å²) in [5.74, 6) is 2.69. The average Bonchev–Trinajstić information content (AvgIpc) is 3.38. The minimum atomic E-state index is -1.03.